The first-order chi connectivity index (χ1) is 11.7. The zero-order chi connectivity index (χ0) is 16.8. The topological polar surface area (TPSA) is 63.8 Å². The lowest BCUT2D eigenvalue weighted by atomic mass is 10.1. The van der Waals surface area contributed by atoms with Gasteiger partial charge in [0.1, 0.15) is 5.82 Å². The minimum Gasteiger partial charge on any atom is -0.338 e. The van der Waals surface area contributed by atoms with Gasteiger partial charge in [-0.3, -0.25) is 4.98 Å². The van der Waals surface area contributed by atoms with Crippen LogP contribution in [-0.4, -0.2) is 21.2 Å². The summed E-state index contributed by atoms with van der Waals surface area (Å²) in [5.74, 6) is 0.725. The van der Waals surface area contributed by atoms with E-state index in [0.29, 0.717) is 30.2 Å². The molecule has 0 fully saturated rings. The van der Waals surface area contributed by atoms with E-state index in [-0.39, 0.29) is 11.9 Å². The number of pyridine rings is 1. The second kappa shape index (κ2) is 7.79. The summed E-state index contributed by atoms with van der Waals surface area (Å²) in [6.07, 6.45) is 4.81. The molecule has 6 heteroatoms. The van der Waals surface area contributed by atoms with E-state index < -0.39 is 0 Å². The number of aromatic nitrogens is 3. The molecular formula is C18H19FN4O. The lowest BCUT2D eigenvalue weighted by Crippen LogP contribution is -2.27. The highest BCUT2D eigenvalue weighted by Gasteiger charge is 2.11. The second-order valence-electron chi connectivity index (χ2n) is 5.72. The Morgan fingerprint density at radius 2 is 2.08 bits per heavy atom. The molecule has 1 aromatic carbocycles. The molecule has 24 heavy (non-hydrogen) atoms. The molecule has 2 heterocycles. The van der Waals surface area contributed by atoms with Crippen LogP contribution < -0.4 is 5.32 Å². The van der Waals surface area contributed by atoms with Crippen LogP contribution in [0.5, 0.6) is 0 Å². The fourth-order valence-corrected chi connectivity index (χ4v) is 2.45. The van der Waals surface area contributed by atoms with E-state index in [1.165, 1.54) is 11.6 Å². The van der Waals surface area contributed by atoms with Crippen molar-refractivity contribution in [1.29, 1.82) is 0 Å². The van der Waals surface area contributed by atoms with E-state index in [1.807, 2.05) is 18.3 Å². The Hall–Kier alpha value is -2.60. The third-order valence-corrected chi connectivity index (χ3v) is 3.68. The fourth-order valence-electron chi connectivity index (χ4n) is 2.45. The van der Waals surface area contributed by atoms with Crippen molar-refractivity contribution in [3.8, 4) is 0 Å². The monoisotopic (exact) mass is 326 g/mol. The van der Waals surface area contributed by atoms with Crippen LogP contribution in [0, 0.1) is 5.82 Å². The number of nitrogens with one attached hydrogen (secondary N) is 1. The van der Waals surface area contributed by atoms with E-state index in [9.17, 15) is 4.39 Å². The van der Waals surface area contributed by atoms with E-state index in [1.54, 1.807) is 24.4 Å². The average Bonchev–Trinajstić information content (AvgIpc) is 3.04. The summed E-state index contributed by atoms with van der Waals surface area (Å²) >= 11 is 0. The van der Waals surface area contributed by atoms with Gasteiger partial charge in [-0.2, -0.15) is 4.98 Å². The number of hydrogen-bond acceptors (Lipinski definition) is 5. The van der Waals surface area contributed by atoms with Crippen molar-refractivity contribution in [2.75, 3.05) is 0 Å². The lowest BCUT2D eigenvalue weighted by Gasteiger charge is -2.11. The molecular weight excluding hydrogens is 307 g/mol. The van der Waals surface area contributed by atoms with Crippen LogP contribution in [0.25, 0.3) is 0 Å². The summed E-state index contributed by atoms with van der Waals surface area (Å²) in [5, 5.41) is 7.25. The molecule has 124 valence electrons. The van der Waals surface area contributed by atoms with Crippen LogP contribution in [-0.2, 0) is 19.4 Å². The van der Waals surface area contributed by atoms with Gasteiger partial charge in [0.15, 0.2) is 5.82 Å². The second-order valence-corrected chi connectivity index (χ2v) is 5.72. The van der Waals surface area contributed by atoms with Gasteiger partial charge >= 0.3 is 0 Å². The van der Waals surface area contributed by atoms with Crippen LogP contribution in [0.2, 0.25) is 0 Å². The average molecular weight is 326 g/mol. The Kier molecular flexibility index (Phi) is 5.28. The SMILES string of the molecule is CC(Cc1cccnc1)NCc1nc(Cc2ccccc2F)no1. The molecule has 3 aromatic rings. The van der Waals surface area contributed by atoms with Gasteiger partial charge in [-0.25, -0.2) is 4.39 Å². The van der Waals surface area contributed by atoms with Gasteiger partial charge < -0.3 is 9.84 Å². The molecule has 0 aliphatic carbocycles. The highest BCUT2D eigenvalue weighted by molar-refractivity contribution is 5.20. The summed E-state index contributed by atoms with van der Waals surface area (Å²) in [4.78, 5) is 8.41. The molecule has 0 radical (unpaired) electrons. The first-order valence-corrected chi connectivity index (χ1v) is 7.88. The molecule has 0 aliphatic rings. The van der Waals surface area contributed by atoms with Crippen LogP contribution in [0.15, 0.2) is 53.3 Å². The van der Waals surface area contributed by atoms with Crippen LogP contribution in [0.4, 0.5) is 4.39 Å². The predicted octanol–water partition coefficient (Wildman–Crippen LogP) is 2.92. The molecule has 3 rings (SSSR count). The Balaban J connectivity index is 1.52. The molecule has 0 bridgehead atoms. The first kappa shape index (κ1) is 16.3. The van der Waals surface area contributed by atoms with Crippen LogP contribution in [0.1, 0.15) is 29.8 Å². The fraction of sp³-hybridized carbons (Fsp3) is 0.278. The van der Waals surface area contributed by atoms with Crippen LogP contribution >= 0.6 is 0 Å². The molecule has 0 spiro atoms. The van der Waals surface area contributed by atoms with Gasteiger partial charge in [-0.05, 0) is 36.6 Å². The van der Waals surface area contributed by atoms with Gasteiger partial charge in [-0.1, -0.05) is 29.4 Å². The van der Waals surface area contributed by atoms with E-state index >= 15 is 0 Å². The highest BCUT2D eigenvalue weighted by Crippen LogP contribution is 2.11. The zero-order valence-corrected chi connectivity index (χ0v) is 13.4. The summed E-state index contributed by atoms with van der Waals surface area (Å²) in [5.41, 5.74) is 1.73. The molecule has 1 N–H and O–H groups in total. The molecule has 0 saturated carbocycles. The molecule has 0 saturated heterocycles. The van der Waals surface area contributed by atoms with Gasteiger partial charge in [0.05, 0.1) is 6.54 Å². The standard InChI is InChI=1S/C18H19FN4O/c1-13(9-14-5-4-8-20-11-14)21-12-18-22-17(23-24-18)10-15-6-2-3-7-16(15)19/h2-8,11,13,21H,9-10,12H2,1H3. The van der Waals surface area contributed by atoms with E-state index in [0.717, 1.165) is 6.42 Å². The van der Waals surface area contributed by atoms with Gasteiger partial charge in [-0.15, -0.1) is 0 Å². The Morgan fingerprint density at radius 1 is 1.21 bits per heavy atom. The van der Waals surface area contributed by atoms with Gasteiger partial charge in [0.2, 0.25) is 5.89 Å². The maximum atomic E-state index is 13.6. The minimum absolute atomic E-state index is 0.246. The number of hydrogen-bond donors (Lipinski definition) is 1. The van der Waals surface area contributed by atoms with Crippen molar-refractivity contribution in [3.63, 3.8) is 0 Å². The van der Waals surface area contributed by atoms with Crippen molar-refractivity contribution >= 4 is 0 Å². The third-order valence-electron chi connectivity index (χ3n) is 3.68. The number of halogens is 1. The van der Waals surface area contributed by atoms with Crippen molar-refractivity contribution in [3.05, 3.63) is 77.5 Å². The summed E-state index contributed by atoms with van der Waals surface area (Å²) in [6, 6.07) is 10.8. The maximum absolute atomic E-state index is 13.6. The molecule has 5 nitrogen and oxygen atoms in total. The highest BCUT2D eigenvalue weighted by atomic mass is 19.1. The summed E-state index contributed by atoms with van der Waals surface area (Å²) in [7, 11) is 0. The Morgan fingerprint density at radius 3 is 2.88 bits per heavy atom. The maximum Gasteiger partial charge on any atom is 0.240 e. The van der Waals surface area contributed by atoms with Crippen molar-refractivity contribution in [2.24, 2.45) is 0 Å². The lowest BCUT2D eigenvalue weighted by molar-refractivity contribution is 0.355. The Labute approximate surface area is 139 Å². The number of benzene rings is 1. The Bertz CT molecular complexity index is 775. The normalized spacial score (nSPS) is 12.2. The van der Waals surface area contributed by atoms with E-state index in [2.05, 4.69) is 27.4 Å². The van der Waals surface area contributed by atoms with Crippen molar-refractivity contribution in [2.45, 2.75) is 32.4 Å². The number of nitrogens with zero attached hydrogens (tertiary/aromatic N) is 3. The summed E-state index contributed by atoms with van der Waals surface area (Å²) < 4.78 is 18.9. The van der Waals surface area contributed by atoms with Gasteiger partial charge in [0.25, 0.3) is 0 Å². The summed E-state index contributed by atoms with van der Waals surface area (Å²) in [6.45, 7) is 2.56. The van der Waals surface area contributed by atoms with Crippen molar-refractivity contribution in [1.82, 2.24) is 20.4 Å². The van der Waals surface area contributed by atoms with Crippen LogP contribution in [0.3, 0.4) is 0 Å². The molecule has 0 aliphatic heterocycles. The predicted molar refractivity (Wildman–Crippen MR) is 87.7 cm³/mol. The van der Waals surface area contributed by atoms with Gasteiger partial charge in [0, 0.05) is 24.9 Å². The molecule has 1 atom stereocenters. The number of rotatable bonds is 7. The molecule has 0 amide bonds. The zero-order valence-electron chi connectivity index (χ0n) is 13.4. The van der Waals surface area contributed by atoms with Crippen molar-refractivity contribution < 1.29 is 8.91 Å². The molecule has 2 aromatic heterocycles. The minimum atomic E-state index is -0.257. The smallest absolute Gasteiger partial charge is 0.240 e. The molecule has 1 unspecified atom stereocenters. The quantitative estimate of drug-likeness (QED) is 0.723. The largest absolute Gasteiger partial charge is 0.338 e. The first-order valence-electron chi connectivity index (χ1n) is 7.88. The third kappa shape index (κ3) is 4.45. The van der Waals surface area contributed by atoms with E-state index in [4.69, 9.17) is 4.52 Å².